The second-order valence-electron chi connectivity index (χ2n) is 7.26. The van der Waals surface area contributed by atoms with Crippen LogP contribution in [0.3, 0.4) is 0 Å². The summed E-state index contributed by atoms with van der Waals surface area (Å²) in [7, 11) is 5.84. The number of ether oxygens (including phenoxy) is 1. The first-order chi connectivity index (χ1) is 13.7. The molecule has 0 radical (unpaired) electrons. The van der Waals surface area contributed by atoms with Crippen molar-refractivity contribution in [1.29, 1.82) is 0 Å². The van der Waals surface area contributed by atoms with Crippen molar-refractivity contribution in [2.45, 2.75) is 18.9 Å². The predicted molar refractivity (Wildman–Crippen MR) is 118 cm³/mol. The molecule has 0 heterocycles. The summed E-state index contributed by atoms with van der Waals surface area (Å²) in [6, 6.07) is 27.9. The summed E-state index contributed by atoms with van der Waals surface area (Å²) in [5, 5.41) is 3.60. The summed E-state index contributed by atoms with van der Waals surface area (Å²) >= 11 is 0. The van der Waals surface area contributed by atoms with Crippen LogP contribution in [-0.2, 0) is 6.54 Å². The molecule has 0 unspecified atom stereocenters. The highest BCUT2D eigenvalue weighted by Gasteiger charge is 2.14. The fourth-order valence-electron chi connectivity index (χ4n) is 3.44. The molecule has 146 valence electrons. The number of nitrogens with one attached hydrogen (secondary N) is 1. The van der Waals surface area contributed by atoms with Crippen LogP contribution in [0, 0.1) is 0 Å². The number of benzene rings is 3. The van der Waals surface area contributed by atoms with Gasteiger partial charge >= 0.3 is 0 Å². The number of methoxy groups -OCH3 is 1. The van der Waals surface area contributed by atoms with Crippen molar-refractivity contribution in [3.63, 3.8) is 0 Å². The SMILES string of the molecule is COc1ccc([C@@H](CCNCc2ccc(N(C)C)cc2)c2ccccc2)cc1. The summed E-state index contributed by atoms with van der Waals surface area (Å²) in [5.74, 6) is 1.27. The number of anilines is 1. The number of hydrogen-bond acceptors (Lipinski definition) is 3. The van der Waals surface area contributed by atoms with Crippen LogP contribution in [0.2, 0.25) is 0 Å². The van der Waals surface area contributed by atoms with Crippen LogP contribution < -0.4 is 15.0 Å². The zero-order valence-corrected chi connectivity index (χ0v) is 17.1. The van der Waals surface area contributed by atoms with Gasteiger partial charge in [0.1, 0.15) is 5.75 Å². The fraction of sp³-hybridized carbons (Fsp3) is 0.280. The standard InChI is InChI=1S/C25H30N2O/c1-27(2)23-13-9-20(10-14-23)19-26-18-17-25(21-7-5-4-6-8-21)22-11-15-24(28-3)16-12-22/h4-16,25-26H,17-19H2,1-3H3/t25-/m0/s1. The zero-order chi connectivity index (χ0) is 19.8. The Bertz CT molecular complexity index is 827. The van der Waals surface area contributed by atoms with Crippen molar-refractivity contribution < 1.29 is 4.74 Å². The van der Waals surface area contributed by atoms with Gasteiger partial charge < -0.3 is 15.0 Å². The third-order valence-corrected chi connectivity index (χ3v) is 5.11. The number of nitrogens with zero attached hydrogens (tertiary/aromatic N) is 1. The highest BCUT2D eigenvalue weighted by atomic mass is 16.5. The molecule has 0 fully saturated rings. The average Bonchev–Trinajstić information content (AvgIpc) is 2.75. The van der Waals surface area contributed by atoms with Crippen LogP contribution in [-0.4, -0.2) is 27.7 Å². The van der Waals surface area contributed by atoms with Gasteiger partial charge in [-0.05, 0) is 53.9 Å². The Morgan fingerprint density at radius 2 is 1.46 bits per heavy atom. The first kappa shape index (κ1) is 20.0. The molecule has 0 bridgehead atoms. The normalized spacial score (nSPS) is 11.8. The van der Waals surface area contributed by atoms with E-state index >= 15 is 0 Å². The highest BCUT2D eigenvalue weighted by Crippen LogP contribution is 2.29. The van der Waals surface area contributed by atoms with E-state index in [1.165, 1.54) is 22.4 Å². The monoisotopic (exact) mass is 374 g/mol. The molecular weight excluding hydrogens is 344 g/mol. The van der Waals surface area contributed by atoms with Gasteiger partial charge in [0.25, 0.3) is 0 Å². The minimum Gasteiger partial charge on any atom is -0.497 e. The van der Waals surface area contributed by atoms with Gasteiger partial charge in [-0.15, -0.1) is 0 Å². The Morgan fingerprint density at radius 1 is 0.821 bits per heavy atom. The Kier molecular flexibility index (Phi) is 7.10. The van der Waals surface area contributed by atoms with Crippen LogP contribution in [0.1, 0.15) is 29.0 Å². The van der Waals surface area contributed by atoms with Gasteiger partial charge in [-0.2, -0.15) is 0 Å². The summed E-state index contributed by atoms with van der Waals surface area (Å²) in [4.78, 5) is 2.12. The van der Waals surface area contributed by atoms with Gasteiger partial charge in [0.05, 0.1) is 7.11 Å². The molecule has 1 atom stereocenters. The van der Waals surface area contributed by atoms with E-state index in [0.29, 0.717) is 5.92 Å². The molecule has 1 N–H and O–H groups in total. The van der Waals surface area contributed by atoms with E-state index in [1.807, 2.05) is 12.1 Å². The lowest BCUT2D eigenvalue weighted by Gasteiger charge is -2.19. The maximum absolute atomic E-state index is 5.31. The molecule has 3 aromatic rings. The molecule has 28 heavy (non-hydrogen) atoms. The predicted octanol–water partition coefficient (Wildman–Crippen LogP) is 5.07. The largest absolute Gasteiger partial charge is 0.497 e. The van der Waals surface area contributed by atoms with Gasteiger partial charge in [0.2, 0.25) is 0 Å². The molecule has 0 aliphatic rings. The van der Waals surface area contributed by atoms with E-state index in [0.717, 1.165) is 25.3 Å². The summed E-state index contributed by atoms with van der Waals surface area (Å²) in [5.41, 5.74) is 5.22. The van der Waals surface area contributed by atoms with E-state index in [2.05, 4.69) is 91.0 Å². The molecule has 3 nitrogen and oxygen atoms in total. The quantitative estimate of drug-likeness (QED) is 0.529. The van der Waals surface area contributed by atoms with Crippen LogP contribution in [0.25, 0.3) is 0 Å². The van der Waals surface area contributed by atoms with Gasteiger partial charge in [-0.3, -0.25) is 0 Å². The molecule has 0 saturated heterocycles. The Labute approximate surface area is 169 Å². The minimum absolute atomic E-state index is 0.371. The maximum atomic E-state index is 5.31. The Balaban J connectivity index is 1.61. The van der Waals surface area contributed by atoms with Gasteiger partial charge in [0.15, 0.2) is 0 Å². The van der Waals surface area contributed by atoms with Crippen molar-refractivity contribution >= 4 is 5.69 Å². The third-order valence-electron chi connectivity index (χ3n) is 5.11. The third kappa shape index (κ3) is 5.37. The lowest BCUT2D eigenvalue weighted by Crippen LogP contribution is -2.18. The zero-order valence-electron chi connectivity index (χ0n) is 17.1. The molecule has 0 amide bonds. The molecule has 0 aliphatic heterocycles. The van der Waals surface area contributed by atoms with Crippen LogP contribution >= 0.6 is 0 Å². The fourth-order valence-corrected chi connectivity index (χ4v) is 3.44. The van der Waals surface area contributed by atoms with Crippen molar-refractivity contribution in [1.82, 2.24) is 5.32 Å². The topological polar surface area (TPSA) is 24.5 Å². The second-order valence-corrected chi connectivity index (χ2v) is 7.26. The van der Waals surface area contributed by atoms with Crippen LogP contribution in [0.5, 0.6) is 5.75 Å². The average molecular weight is 375 g/mol. The first-order valence-corrected chi connectivity index (χ1v) is 9.83. The molecular formula is C25H30N2O. The van der Waals surface area contributed by atoms with Gasteiger partial charge in [0, 0.05) is 32.2 Å². The molecule has 3 rings (SSSR count). The van der Waals surface area contributed by atoms with Crippen LogP contribution in [0.15, 0.2) is 78.9 Å². The molecule has 0 saturated carbocycles. The van der Waals surface area contributed by atoms with Crippen molar-refractivity contribution in [3.8, 4) is 5.75 Å². The smallest absolute Gasteiger partial charge is 0.118 e. The van der Waals surface area contributed by atoms with E-state index in [4.69, 9.17) is 4.74 Å². The Hall–Kier alpha value is -2.78. The van der Waals surface area contributed by atoms with E-state index in [9.17, 15) is 0 Å². The lowest BCUT2D eigenvalue weighted by molar-refractivity contribution is 0.414. The van der Waals surface area contributed by atoms with Gasteiger partial charge in [-0.25, -0.2) is 0 Å². The highest BCUT2D eigenvalue weighted by molar-refractivity contribution is 5.46. The lowest BCUT2D eigenvalue weighted by atomic mass is 9.88. The molecule has 0 aromatic heterocycles. The minimum atomic E-state index is 0.371. The first-order valence-electron chi connectivity index (χ1n) is 9.83. The molecule has 3 aromatic carbocycles. The number of rotatable bonds is 9. The summed E-state index contributed by atoms with van der Waals surface area (Å²) in [6.07, 6.45) is 1.05. The Morgan fingerprint density at radius 3 is 2.07 bits per heavy atom. The summed E-state index contributed by atoms with van der Waals surface area (Å²) in [6.45, 7) is 1.85. The summed E-state index contributed by atoms with van der Waals surface area (Å²) < 4.78 is 5.31. The van der Waals surface area contributed by atoms with Gasteiger partial charge in [-0.1, -0.05) is 54.6 Å². The van der Waals surface area contributed by atoms with E-state index in [-0.39, 0.29) is 0 Å². The van der Waals surface area contributed by atoms with Crippen molar-refractivity contribution in [2.75, 3.05) is 32.6 Å². The molecule has 3 heteroatoms. The second kappa shape index (κ2) is 9.95. The van der Waals surface area contributed by atoms with Crippen molar-refractivity contribution in [3.05, 3.63) is 95.6 Å². The van der Waals surface area contributed by atoms with Crippen molar-refractivity contribution in [2.24, 2.45) is 0 Å². The maximum Gasteiger partial charge on any atom is 0.118 e. The molecule has 0 spiro atoms. The molecule has 0 aliphatic carbocycles. The van der Waals surface area contributed by atoms with E-state index < -0.39 is 0 Å². The van der Waals surface area contributed by atoms with Crippen LogP contribution in [0.4, 0.5) is 5.69 Å². The number of hydrogen-bond donors (Lipinski definition) is 1. The van der Waals surface area contributed by atoms with E-state index in [1.54, 1.807) is 7.11 Å².